The third kappa shape index (κ3) is 7.27. The van der Waals surface area contributed by atoms with Crippen LogP contribution in [0.5, 0.6) is 0 Å². The number of amides is 1. The molecule has 1 saturated heterocycles. The third-order valence-corrected chi connectivity index (χ3v) is 6.35. The van der Waals surface area contributed by atoms with Crippen LogP contribution in [0, 0.1) is 11.8 Å². The molecule has 33 heavy (non-hydrogen) atoms. The van der Waals surface area contributed by atoms with Crippen LogP contribution in [0.25, 0.3) is 0 Å². The fraction of sp³-hybridized carbons (Fsp3) is 0.407. The number of carbonyl (C=O) groups is 1. The van der Waals surface area contributed by atoms with E-state index < -0.39 is 0 Å². The highest BCUT2D eigenvalue weighted by Crippen LogP contribution is 2.26. The standard InChI is InChI=1S/C27H34N4O2/c1-31(19-22-10-6-3-7-11-22)20-26-16-25(30-33-26)14-24-18-28-13-12-23(24)15-27(32)29-17-21-8-4-2-5-9-21/h2-11,16,23-24,28H,12-15,17-20H2,1H3,(H,29,32)/t23-,24+/m0/s1. The molecule has 0 aliphatic carbocycles. The van der Waals surface area contributed by atoms with Crippen LogP contribution < -0.4 is 10.6 Å². The highest BCUT2D eigenvalue weighted by Gasteiger charge is 2.28. The molecule has 3 aromatic rings. The predicted molar refractivity (Wildman–Crippen MR) is 129 cm³/mol. The van der Waals surface area contributed by atoms with Crippen LogP contribution in [0.3, 0.4) is 0 Å². The second-order valence-electron chi connectivity index (χ2n) is 9.13. The molecule has 0 radical (unpaired) electrons. The van der Waals surface area contributed by atoms with E-state index in [1.165, 1.54) is 5.56 Å². The van der Waals surface area contributed by atoms with Crippen LogP contribution in [0.1, 0.15) is 35.4 Å². The van der Waals surface area contributed by atoms with Gasteiger partial charge in [0.1, 0.15) is 0 Å². The Balaban J connectivity index is 1.27. The Labute approximate surface area is 196 Å². The molecule has 0 bridgehead atoms. The minimum Gasteiger partial charge on any atom is -0.360 e. The van der Waals surface area contributed by atoms with E-state index in [-0.39, 0.29) is 5.91 Å². The van der Waals surface area contributed by atoms with Gasteiger partial charge in [-0.05, 0) is 55.9 Å². The molecule has 6 heteroatoms. The summed E-state index contributed by atoms with van der Waals surface area (Å²) in [6.07, 6.45) is 2.40. The number of nitrogens with zero attached hydrogens (tertiary/aromatic N) is 2. The smallest absolute Gasteiger partial charge is 0.220 e. The number of benzene rings is 2. The van der Waals surface area contributed by atoms with Gasteiger partial charge in [0.25, 0.3) is 0 Å². The van der Waals surface area contributed by atoms with E-state index in [4.69, 9.17) is 4.52 Å². The Morgan fingerprint density at radius 3 is 2.55 bits per heavy atom. The topological polar surface area (TPSA) is 70.4 Å². The number of hydrogen-bond donors (Lipinski definition) is 2. The summed E-state index contributed by atoms with van der Waals surface area (Å²) in [5.74, 6) is 1.73. The van der Waals surface area contributed by atoms with Crippen LogP contribution in [-0.2, 0) is 30.8 Å². The van der Waals surface area contributed by atoms with Crippen LogP contribution in [0.15, 0.2) is 71.3 Å². The maximum atomic E-state index is 12.6. The predicted octanol–water partition coefficient (Wildman–Crippen LogP) is 3.78. The Bertz CT molecular complexity index is 990. The van der Waals surface area contributed by atoms with Crippen LogP contribution >= 0.6 is 0 Å². The number of rotatable bonds is 10. The minimum atomic E-state index is 0.124. The first kappa shape index (κ1) is 23.2. The molecule has 0 saturated carbocycles. The van der Waals surface area contributed by atoms with Gasteiger partial charge in [-0.25, -0.2) is 0 Å². The molecule has 1 amide bonds. The fourth-order valence-corrected chi connectivity index (χ4v) is 4.60. The van der Waals surface area contributed by atoms with Crippen molar-refractivity contribution in [3.8, 4) is 0 Å². The number of carbonyl (C=O) groups excluding carboxylic acids is 1. The maximum Gasteiger partial charge on any atom is 0.220 e. The summed E-state index contributed by atoms with van der Waals surface area (Å²) in [7, 11) is 2.09. The zero-order chi connectivity index (χ0) is 22.9. The first-order chi connectivity index (χ1) is 16.2. The molecule has 4 rings (SSSR count). The van der Waals surface area contributed by atoms with Crippen molar-refractivity contribution in [2.45, 2.75) is 38.9 Å². The number of nitrogens with one attached hydrogen (secondary N) is 2. The summed E-state index contributed by atoms with van der Waals surface area (Å²) < 4.78 is 5.63. The average molecular weight is 447 g/mol. The fourth-order valence-electron chi connectivity index (χ4n) is 4.60. The second kappa shape index (κ2) is 11.8. The van der Waals surface area contributed by atoms with Crippen molar-refractivity contribution >= 4 is 5.91 Å². The number of piperidine rings is 1. The van der Waals surface area contributed by atoms with E-state index in [2.05, 4.69) is 58.1 Å². The molecular weight excluding hydrogens is 412 g/mol. The summed E-state index contributed by atoms with van der Waals surface area (Å²) in [6.45, 7) is 4.03. The van der Waals surface area contributed by atoms with E-state index in [0.717, 1.165) is 56.0 Å². The van der Waals surface area contributed by atoms with Crippen molar-refractivity contribution in [3.63, 3.8) is 0 Å². The van der Waals surface area contributed by atoms with Crippen molar-refractivity contribution in [2.75, 3.05) is 20.1 Å². The monoisotopic (exact) mass is 446 g/mol. The van der Waals surface area contributed by atoms with Gasteiger partial charge < -0.3 is 15.2 Å². The second-order valence-corrected chi connectivity index (χ2v) is 9.13. The zero-order valence-electron chi connectivity index (χ0n) is 19.4. The van der Waals surface area contributed by atoms with Crippen molar-refractivity contribution in [2.24, 2.45) is 11.8 Å². The molecule has 2 atom stereocenters. The average Bonchev–Trinajstić information content (AvgIpc) is 3.27. The molecule has 1 fully saturated rings. The normalized spacial score (nSPS) is 18.4. The van der Waals surface area contributed by atoms with Gasteiger partial charge in [-0.3, -0.25) is 9.69 Å². The van der Waals surface area contributed by atoms with E-state index in [1.54, 1.807) is 0 Å². The van der Waals surface area contributed by atoms with Crippen LogP contribution in [0.2, 0.25) is 0 Å². The lowest BCUT2D eigenvalue weighted by Crippen LogP contribution is -2.40. The zero-order valence-corrected chi connectivity index (χ0v) is 19.4. The van der Waals surface area contributed by atoms with Crippen molar-refractivity contribution in [1.29, 1.82) is 0 Å². The van der Waals surface area contributed by atoms with Gasteiger partial charge in [-0.15, -0.1) is 0 Å². The summed E-state index contributed by atoms with van der Waals surface area (Å²) in [4.78, 5) is 14.8. The summed E-state index contributed by atoms with van der Waals surface area (Å²) in [6, 6.07) is 22.5. The molecule has 1 aliphatic rings. The highest BCUT2D eigenvalue weighted by molar-refractivity contribution is 5.76. The van der Waals surface area contributed by atoms with Gasteiger partial charge in [0.15, 0.2) is 5.76 Å². The Morgan fingerprint density at radius 2 is 1.79 bits per heavy atom. The number of hydrogen-bond acceptors (Lipinski definition) is 5. The first-order valence-electron chi connectivity index (χ1n) is 11.8. The highest BCUT2D eigenvalue weighted by atomic mass is 16.5. The van der Waals surface area contributed by atoms with Crippen molar-refractivity contribution < 1.29 is 9.32 Å². The molecule has 1 aliphatic heterocycles. The molecule has 2 heterocycles. The first-order valence-corrected chi connectivity index (χ1v) is 11.8. The molecule has 1 aromatic heterocycles. The van der Waals surface area contributed by atoms with Gasteiger partial charge in [0.2, 0.25) is 5.91 Å². The lowest BCUT2D eigenvalue weighted by Gasteiger charge is -2.31. The Hall–Kier alpha value is -2.96. The third-order valence-electron chi connectivity index (χ3n) is 6.35. The van der Waals surface area contributed by atoms with E-state index >= 15 is 0 Å². The van der Waals surface area contributed by atoms with E-state index in [1.807, 2.05) is 36.4 Å². The molecular formula is C27H34N4O2. The molecule has 2 N–H and O–H groups in total. The van der Waals surface area contributed by atoms with Gasteiger partial charge in [-0.1, -0.05) is 65.8 Å². The van der Waals surface area contributed by atoms with Gasteiger partial charge >= 0.3 is 0 Å². The molecule has 0 unspecified atom stereocenters. The summed E-state index contributed by atoms with van der Waals surface area (Å²) >= 11 is 0. The van der Waals surface area contributed by atoms with Gasteiger partial charge in [0, 0.05) is 25.6 Å². The minimum absolute atomic E-state index is 0.124. The molecule has 0 spiro atoms. The Morgan fingerprint density at radius 1 is 1.06 bits per heavy atom. The number of aromatic nitrogens is 1. The molecule has 2 aromatic carbocycles. The van der Waals surface area contributed by atoms with Crippen LogP contribution in [-0.4, -0.2) is 36.1 Å². The maximum absolute atomic E-state index is 12.6. The summed E-state index contributed by atoms with van der Waals surface area (Å²) in [5, 5.41) is 10.9. The largest absolute Gasteiger partial charge is 0.360 e. The Kier molecular flexibility index (Phi) is 8.28. The van der Waals surface area contributed by atoms with Gasteiger partial charge in [0.05, 0.1) is 12.2 Å². The van der Waals surface area contributed by atoms with Crippen LogP contribution in [0.4, 0.5) is 0 Å². The van der Waals surface area contributed by atoms with Gasteiger partial charge in [-0.2, -0.15) is 0 Å². The van der Waals surface area contributed by atoms with Crippen molar-refractivity contribution in [1.82, 2.24) is 20.7 Å². The SMILES string of the molecule is CN(Cc1ccccc1)Cc1cc(C[C@@H]2CNCC[C@H]2CC(=O)NCc2ccccc2)no1. The van der Waals surface area contributed by atoms with Crippen molar-refractivity contribution in [3.05, 3.63) is 89.3 Å². The molecule has 174 valence electrons. The summed E-state index contributed by atoms with van der Waals surface area (Å²) in [5.41, 5.74) is 3.38. The lowest BCUT2D eigenvalue weighted by molar-refractivity contribution is -0.122. The van der Waals surface area contributed by atoms with E-state index in [0.29, 0.717) is 24.8 Å². The quantitative estimate of drug-likeness (QED) is 0.496. The molecule has 6 nitrogen and oxygen atoms in total. The van der Waals surface area contributed by atoms with E-state index in [9.17, 15) is 4.79 Å². The lowest BCUT2D eigenvalue weighted by atomic mass is 9.81.